The normalized spacial score (nSPS) is 11.8. The van der Waals surface area contributed by atoms with Crippen molar-refractivity contribution in [2.75, 3.05) is 45.2 Å². The molecule has 1 aromatic heterocycles. The summed E-state index contributed by atoms with van der Waals surface area (Å²) in [6, 6.07) is 9.92. The zero-order valence-electron chi connectivity index (χ0n) is 21.3. The number of fused-ring (bicyclic) bond motifs is 1. The minimum absolute atomic E-state index is 0. The summed E-state index contributed by atoms with van der Waals surface area (Å²) in [7, 11) is 0.287. The molecule has 0 aliphatic rings. The summed E-state index contributed by atoms with van der Waals surface area (Å²) in [5.41, 5.74) is 2.19. The zero-order valence-corrected chi connectivity index (χ0v) is 24.5. The fourth-order valence-corrected chi connectivity index (χ4v) is 6.63. The molecule has 0 unspecified atom stereocenters. The number of unbranched alkanes of at least 4 members (excludes halogenated alkanes) is 1. The van der Waals surface area contributed by atoms with Crippen molar-refractivity contribution in [3.05, 3.63) is 52.5 Å². The molecule has 0 bridgehead atoms. The van der Waals surface area contributed by atoms with Crippen LogP contribution >= 0.6 is 35.3 Å². The monoisotopic (exact) mass is 572 g/mol. The van der Waals surface area contributed by atoms with E-state index in [4.69, 9.17) is 16.6 Å². The van der Waals surface area contributed by atoms with Crippen LogP contribution in [0.4, 0.5) is 5.13 Å². The van der Waals surface area contributed by atoms with Crippen LogP contribution in [0.5, 0.6) is 0 Å². The standard InChI is InChI=1S/C25H33ClN4O3S2.ClH/c1-6-8-13-29(7-2)35(32,33)21-11-9-19(10-12-21)24(31)30(15-14-28(4)5)25-27-23-18(3)16-20(26)17-22(23)34-25;/h9-12,16-17H,6-8,13-15H2,1-5H3;1H. The Morgan fingerprint density at radius 1 is 1.06 bits per heavy atom. The lowest BCUT2D eigenvalue weighted by molar-refractivity contribution is 0.0985. The van der Waals surface area contributed by atoms with Gasteiger partial charge in [0.2, 0.25) is 10.0 Å². The molecular weight excluding hydrogens is 539 g/mol. The Bertz CT molecular complexity index is 1280. The van der Waals surface area contributed by atoms with Crippen molar-refractivity contribution < 1.29 is 13.2 Å². The van der Waals surface area contributed by atoms with Gasteiger partial charge in [0.25, 0.3) is 5.91 Å². The number of hydrogen-bond donors (Lipinski definition) is 0. The second-order valence-corrected chi connectivity index (χ2v) is 12.1. The number of carbonyl (C=O) groups is 1. The Hall–Kier alpha value is -1.75. The summed E-state index contributed by atoms with van der Waals surface area (Å²) < 4.78 is 28.5. The van der Waals surface area contributed by atoms with Crippen LogP contribution in [-0.4, -0.2) is 68.8 Å². The molecule has 1 amide bonds. The molecule has 3 rings (SSSR count). The third kappa shape index (κ3) is 6.96. The summed E-state index contributed by atoms with van der Waals surface area (Å²) in [6.07, 6.45) is 1.72. The van der Waals surface area contributed by atoms with E-state index in [0.717, 1.165) is 28.6 Å². The highest BCUT2D eigenvalue weighted by molar-refractivity contribution is 7.89. The molecule has 7 nitrogen and oxygen atoms in total. The van der Waals surface area contributed by atoms with E-state index in [1.54, 1.807) is 17.0 Å². The van der Waals surface area contributed by atoms with Gasteiger partial charge in [-0.2, -0.15) is 4.31 Å². The van der Waals surface area contributed by atoms with E-state index in [0.29, 0.717) is 41.9 Å². The predicted molar refractivity (Wildman–Crippen MR) is 153 cm³/mol. The van der Waals surface area contributed by atoms with Gasteiger partial charge >= 0.3 is 0 Å². The van der Waals surface area contributed by atoms with Gasteiger partial charge in [0, 0.05) is 36.8 Å². The van der Waals surface area contributed by atoms with Crippen molar-refractivity contribution >= 4 is 66.6 Å². The van der Waals surface area contributed by atoms with Gasteiger partial charge in [0.05, 0.1) is 15.1 Å². The van der Waals surface area contributed by atoms with Crippen molar-refractivity contribution in [3.63, 3.8) is 0 Å². The molecule has 0 spiro atoms. The first-order chi connectivity index (χ1) is 16.6. The lowest BCUT2D eigenvalue weighted by Crippen LogP contribution is -2.36. The minimum Gasteiger partial charge on any atom is -0.308 e. The number of nitrogens with zero attached hydrogens (tertiary/aromatic N) is 4. The van der Waals surface area contributed by atoms with Crippen molar-refractivity contribution in [3.8, 4) is 0 Å². The number of likely N-dealkylation sites (N-methyl/N-ethyl adjacent to an activating group) is 1. The Morgan fingerprint density at radius 3 is 2.31 bits per heavy atom. The van der Waals surface area contributed by atoms with Crippen LogP contribution in [0.1, 0.15) is 42.6 Å². The van der Waals surface area contributed by atoms with Crippen LogP contribution in [0, 0.1) is 6.92 Å². The quantitative estimate of drug-likeness (QED) is 0.294. The first-order valence-corrected chi connectivity index (χ1v) is 14.3. The Kier molecular flexibility index (Phi) is 11.1. The fraction of sp³-hybridized carbons (Fsp3) is 0.440. The molecule has 3 aromatic rings. The Balaban J connectivity index is 0.00000456. The molecule has 0 saturated heterocycles. The maximum absolute atomic E-state index is 13.6. The molecule has 0 radical (unpaired) electrons. The van der Waals surface area contributed by atoms with Gasteiger partial charge in [-0.15, -0.1) is 12.4 Å². The third-order valence-electron chi connectivity index (χ3n) is 5.74. The third-order valence-corrected chi connectivity index (χ3v) is 8.97. The number of carbonyl (C=O) groups excluding carboxylic acids is 1. The number of aryl methyl sites for hydroxylation is 1. The molecule has 2 aromatic carbocycles. The maximum atomic E-state index is 13.6. The van der Waals surface area contributed by atoms with E-state index in [-0.39, 0.29) is 23.2 Å². The number of aromatic nitrogens is 1. The lowest BCUT2D eigenvalue weighted by atomic mass is 10.2. The molecule has 198 valence electrons. The highest BCUT2D eigenvalue weighted by Gasteiger charge is 2.25. The van der Waals surface area contributed by atoms with Crippen LogP contribution in [0.15, 0.2) is 41.3 Å². The SMILES string of the molecule is CCCCN(CC)S(=O)(=O)c1ccc(C(=O)N(CCN(C)C)c2nc3c(C)cc(Cl)cc3s2)cc1.Cl. The first kappa shape index (κ1) is 30.5. The summed E-state index contributed by atoms with van der Waals surface area (Å²) in [5, 5.41) is 1.22. The van der Waals surface area contributed by atoms with Gasteiger partial charge in [-0.25, -0.2) is 13.4 Å². The van der Waals surface area contributed by atoms with Crippen LogP contribution in [0.2, 0.25) is 5.02 Å². The highest BCUT2D eigenvalue weighted by Crippen LogP contribution is 2.33. The average molecular weight is 574 g/mol. The Labute approximate surface area is 229 Å². The minimum atomic E-state index is -3.61. The second-order valence-electron chi connectivity index (χ2n) is 8.70. The number of amides is 1. The highest BCUT2D eigenvalue weighted by atomic mass is 35.5. The van der Waals surface area contributed by atoms with Crippen molar-refractivity contribution in [1.82, 2.24) is 14.2 Å². The van der Waals surface area contributed by atoms with Crippen molar-refractivity contribution in [2.45, 2.75) is 38.5 Å². The number of rotatable bonds is 11. The van der Waals surface area contributed by atoms with Crippen molar-refractivity contribution in [2.24, 2.45) is 0 Å². The number of halogens is 2. The smallest absolute Gasteiger partial charge is 0.260 e. The molecule has 0 aliphatic heterocycles. The second kappa shape index (κ2) is 13.2. The first-order valence-electron chi connectivity index (χ1n) is 11.7. The largest absolute Gasteiger partial charge is 0.308 e. The molecule has 0 fully saturated rings. The van der Waals surface area contributed by atoms with E-state index < -0.39 is 10.0 Å². The van der Waals surface area contributed by atoms with E-state index in [2.05, 4.69) is 0 Å². The molecule has 0 N–H and O–H groups in total. The number of benzene rings is 2. The van der Waals surface area contributed by atoms with Gasteiger partial charge in [0.15, 0.2) is 5.13 Å². The van der Waals surface area contributed by atoms with Gasteiger partial charge in [-0.1, -0.05) is 43.2 Å². The summed E-state index contributed by atoms with van der Waals surface area (Å²) >= 11 is 7.64. The summed E-state index contributed by atoms with van der Waals surface area (Å²) in [5.74, 6) is -0.225. The molecular formula is C25H34Cl2N4O3S2. The van der Waals surface area contributed by atoms with Crippen molar-refractivity contribution in [1.29, 1.82) is 0 Å². The fourth-order valence-electron chi connectivity index (χ4n) is 3.70. The van der Waals surface area contributed by atoms with Crippen LogP contribution in [0.3, 0.4) is 0 Å². The topological polar surface area (TPSA) is 73.8 Å². The maximum Gasteiger partial charge on any atom is 0.260 e. The number of anilines is 1. The van der Waals surface area contributed by atoms with Gasteiger partial charge in [-0.05, 0) is 69.4 Å². The van der Waals surface area contributed by atoms with Gasteiger partial charge in [0.1, 0.15) is 0 Å². The average Bonchev–Trinajstić information content (AvgIpc) is 3.23. The summed E-state index contributed by atoms with van der Waals surface area (Å²) in [4.78, 5) is 22.2. The lowest BCUT2D eigenvalue weighted by Gasteiger charge is -2.23. The molecule has 11 heteroatoms. The van der Waals surface area contributed by atoms with Crippen LogP contribution < -0.4 is 4.90 Å². The van der Waals surface area contributed by atoms with Gasteiger partial charge < -0.3 is 4.90 Å². The number of sulfonamides is 1. The molecule has 36 heavy (non-hydrogen) atoms. The predicted octanol–water partition coefficient (Wildman–Crippen LogP) is 5.70. The van der Waals surface area contributed by atoms with Crippen LogP contribution in [0.25, 0.3) is 10.2 Å². The van der Waals surface area contributed by atoms with E-state index in [9.17, 15) is 13.2 Å². The Morgan fingerprint density at radius 2 is 1.72 bits per heavy atom. The van der Waals surface area contributed by atoms with Gasteiger partial charge in [-0.3, -0.25) is 9.69 Å². The summed E-state index contributed by atoms with van der Waals surface area (Å²) in [6.45, 7) is 7.79. The molecule has 0 saturated carbocycles. The number of thiazole rings is 1. The number of hydrogen-bond acceptors (Lipinski definition) is 6. The van der Waals surface area contributed by atoms with E-state index in [1.807, 2.05) is 51.9 Å². The van der Waals surface area contributed by atoms with E-state index >= 15 is 0 Å². The molecule has 0 aliphatic carbocycles. The zero-order chi connectivity index (χ0) is 25.8. The molecule has 0 atom stereocenters. The molecule has 1 heterocycles. The van der Waals surface area contributed by atoms with Crippen LogP contribution in [-0.2, 0) is 10.0 Å². The van der Waals surface area contributed by atoms with E-state index in [1.165, 1.54) is 27.8 Å².